The Morgan fingerprint density at radius 1 is 1.12 bits per heavy atom. The molecule has 80 valence electrons. The Morgan fingerprint density at radius 2 is 1.75 bits per heavy atom. The Hall–Kier alpha value is -0.760. The van der Waals surface area contributed by atoms with E-state index >= 15 is 0 Å². The van der Waals surface area contributed by atoms with E-state index in [-0.39, 0.29) is 0 Å². The van der Waals surface area contributed by atoms with Gasteiger partial charge in [0.05, 0.1) is 10.2 Å². The molecule has 2 aromatic rings. The van der Waals surface area contributed by atoms with Crippen molar-refractivity contribution < 1.29 is 0 Å². The molecule has 2 rings (SSSR count). The highest BCUT2D eigenvalue weighted by atomic mass is 79.9. The van der Waals surface area contributed by atoms with Crippen LogP contribution in [0.3, 0.4) is 0 Å². The minimum absolute atomic E-state index is 0.578. The smallest absolute Gasteiger partial charge is 0.103 e. The lowest BCUT2D eigenvalue weighted by molar-refractivity contribution is 1.31. The van der Waals surface area contributed by atoms with Gasteiger partial charge in [0.25, 0.3) is 0 Å². The first kappa shape index (κ1) is 11.7. The fourth-order valence-corrected chi connectivity index (χ4v) is 2.94. The number of hydrogen-bond acceptors (Lipinski definition) is 1. The molecule has 0 radical (unpaired) electrons. The van der Waals surface area contributed by atoms with E-state index < -0.39 is 0 Å². The maximum absolute atomic E-state index is 9.08. The second-order valence-corrected chi connectivity index (χ2v) is 5.14. The number of aromatic amines is 1. The molecular weight excluding hydrogens is 355 g/mol. The first-order chi connectivity index (χ1) is 7.63. The second kappa shape index (κ2) is 4.62. The zero-order valence-corrected chi connectivity index (χ0v) is 11.8. The van der Waals surface area contributed by atoms with Gasteiger partial charge in [-0.2, -0.15) is 5.26 Å². The van der Waals surface area contributed by atoms with E-state index in [1.807, 2.05) is 12.1 Å². The maximum Gasteiger partial charge on any atom is 0.103 e. The van der Waals surface area contributed by atoms with Gasteiger partial charge in [-0.05, 0) is 49.6 Å². The number of H-pyrrole nitrogens is 1. The topological polar surface area (TPSA) is 39.6 Å². The van der Waals surface area contributed by atoms with Crippen molar-refractivity contribution in [1.29, 1.82) is 5.26 Å². The zero-order chi connectivity index (χ0) is 11.7. The molecule has 16 heavy (non-hydrogen) atoms. The van der Waals surface area contributed by atoms with Gasteiger partial charge >= 0.3 is 0 Å². The average molecular weight is 360 g/mol. The highest BCUT2D eigenvalue weighted by molar-refractivity contribution is 9.11. The van der Waals surface area contributed by atoms with E-state index in [9.17, 15) is 0 Å². The van der Waals surface area contributed by atoms with Gasteiger partial charge in [-0.1, -0.05) is 23.7 Å². The Kier molecular flexibility index (Phi) is 3.38. The van der Waals surface area contributed by atoms with Crippen molar-refractivity contribution in [3.05, 3.63) is 44.1 Å². The summed E-state index contributed by atoms with van der Waals surface area (Å²) in [6.07, 6.45) is 0. The Balaban J connectivity index is 2.64. The van der Waals surface area contributed by atoms with Crippen molar-refractivity contribution >= 4 is 43.5 Å². The third kappa shape index (κ3) is 2.03. The first-order valence-electron chi connectivity index (χ1n) is 4.36. The summed E-state index contributed by atoms with van der Waals surface area (Å²) in [7, 11) is 0. The molecule has 0 saturated carbocycles. The largest absolute Gasteiger partial charge is 0.342 e. The van der Waals surface area contributed by atoms with Gasteiger partial charge in [-0.25, -0.2) is 0 Å². The minimum Gasteiger partial charge on any atom is -0.342 e. The number of rotatable bonds is 1. The van der Waals surface area contributed by atoms with Crippen LogP contribution in [0.15, 0.2) is 33.5 Å². The van der Waals surface area contributed by atoms with Gasteiger partial charge in [-0.15, -0.1) is 0 Å². The van der Waals surface area contributed by atoms with E-state index in [1.54, 1.807) is 12.1 Å². The second-order valence-electron chi connectivity index (χ2n) is 3.12. The summed E-state index contributed by atoms with van der Waals surface area (Å²) in [5.41, 5.74) is 2.36. The van der Waals surface area contributed by atoms with Gasteiger partial charge in [-0.3, -0.25) is 0 Å². The van der Waals surface area contributed by atoms with Crippen LogP contribution in [-0.2, 0) is 0 Å². The van der Waals surface area contributed by atoms with Crippen LogP contribution >= 0.6 is 43.5 Å². The molecule has 0 saturated heterocycles. The summed E-state index contributed by atoms with van der Waals surface area (Å²) in [6, 6.07) is 9.51. The van der Waals surface area contributed by atoms with Gasteiger partial charge in [0.1, 0.15) is 10.7 Å². The molecular formula is C11H5Br2ClN2. The van der Waals surface area contributed by atoms with Gasteiger partial charge < -0.3 is 4.98 Å². The molecule has 1 N–H and O–H groups in total. The Bertz CT molecular complexity index is 567. The van der Waals surface area contributed by atoms with E-state index in [4.69, 9.17) is 16.9 Å². The van der Waals surface area contributed by atoms with Crippen molar-refractivity contribution in [2.75, 3.05) is 0 Å². The van der Waals surface area contributed by atoms with Gasteiger partial charge in [0.15, 0.2) is 0 Å². The number of nitrogens with zero attached hydrogens (tertiary/aromatic N) is 1. The zero-order valence-electron chi connectivity index (χ0n) is 7.89. The van der Waals surface area contributed by atoms with E-state index in [0.717, 1.165) is 15.7 Å². The van der Waals surface area contributed by atoms with Crippen molar-refractivity contribution in [2.45, 2.75) is 0 Å². The molecule has 1 aromatic heterocycles. The maximum atomic E-state index is 9.08. The van der Waals surface area contributed by atoms with Crippen molar-refractivity contribution in [3.8, 4) is 17.2 Å². The number of benzene rings is 1. The molecule has 0 aliphatic carbocycles. The number of halogens is 3. The summed E-state index contributed by atoms with van der Waals surface area (Å²) in [5, 5.41) is 9.76. The first-order valence-corrected chi connectivity index (χ1v) is 6.33. The number of nitrogens with one attached hydrogen (secondary N) is 1. The van der Waals surface area contributed by atoms with Crippen LogP contribution in [0.4, 0.5) is 0 Å². The van der Waals surface area contributed by atoms with Crippen LogP contribution < -0.4 is 0 Å². The van der Waals surface area contributed by atoms with Crippen LogP contribution in [0.1, 0.15) is 5.56 Å². The Labute approximate surface area is 114 Å². The van der Waals surface area contributed by atoms with Gasteiger partial charge in [0.2, 0.25) is 0 Å². The molecule has 2 nitrogen and oxygen atoms in total. The summed E-state index contributed by atoms with van der Waals surface area (Å²) >= 11 is 12.5. The molecule has 0 spiro atoms. The number of hydrogen-bond donors (Lipinski definition) is 1. The predicted molar refractivity (Wildman–Crippen MR) is 71.4 cm³/mol. The number of nitriles is 1. The summed E-state index contributed by atoms with van der Waals surface area (Å²) in [6.45, 7) is 0. The normalized spacial score (nSPS) is 10.1. The highest BCUT2D eigenvalue weighted by Gasteiger charge is 2.15. The predicted octanol–water partition coefficient (Wildman–Crippen LogP) is 4.73. The van der Waals surface area contributed by atoms with E-state index in [1.165, 1.54) is 0 Å². The van der Waals surface area contributed by atoms with E-state index in [0.29, 0.717) is 15.2 Å². The Morgan fingerprint density at radius 3 is 2.31 bits per heavy atom. The fourth-order valence-electron chi connectivity index (χ4n) is 1.43. The molecule has 0 amide bonds. The average Bonchev–Trinajstić information content (AvgIpc) is 2.54. The molecule has 1 aromatic carbocycles. The molecule has 1 heterocycles. The third-order valence-corrected chi connectivity index (χ3v) is 3.59. The molecule has 0 aliphatic rings. The molecule has 0 bridgehead atoms. The quantitative estimate of drug-likeness (QED) is 0.784. The lowest BCUT2D eigenvalue weighted by atomic mass is 10.1. The molecule has 0 aliphatic heterocycles. The molecule has 0 atom stereocenters. The van der Waals surface area contributed by atoms with Crippen molar-refractivity contribution in [3.63, 3.8) is 0 Å². The third-order valence-electron chi connectivity index (χ3n) is 2.15. The monoisotopic (exact) mass is 358 g/mol. The highest BCUT2D eigenvalue weighted by Crippen LogP contribution is 2.35. The lowest BCUT2D eigenvalue weighted by Crippen LogP contribution is -1.80. The lowest BCUT2D eigenvalue weighted by Gasteiger charge is -2.00. The molecule has 0 unspecified atom stereocenters. The van der Waals surface area contributed by atoms with Gasteiger partial charge in [0, 0.05) is 10.6 Å². The van der Waals surface area contributed by atoms with Crippen LogP contribution in [0.2, 0.25) is 5.02 Å². The minimum atomic E-state index is 0.578. The molecule has 0 fully saturated rings. The summed E-state index contributed by atoms with van der Waals surface area (Å²) < 4.78 is 1.45. The van der Waals surface area contributed by atoms with Crippen molar-refractivity contribution in [1.82, 2.24) is 4.98 Å². The standard InChI is InChI=1S/C11H5Br2ClN2/c12-10-8(5-15)9(11(13)16-10)6-1-3-7(14)4-2-6/h1-4,16H. The van der Waals surface area contributed by atoms with Crippen LogP contribution in [0, 0.1) is 11.3 Å². The van der Waals surface area contributed by atoms with Crippen LogP contribution in [0.5, 0.6) is 0 Å². The fraction of sp³-hybridized carbons (Fsp3) is 0. The van der Waals surface area contributed by atoms with Crippen molar-refractivity contribution in [2.24, 2.45) is 0 Å². The summed E-state index contributed by atoms with van der Waals surface area (Å²) in [4.78, 5) is 3.02. The van der Waals surface area contributed by atoms with Crippen LogP contribution in [-0.4, -0.2) is 4.98 Å². The molecule has 5 heteroatoms. The number of aromatic nitrogens is 1. The SMILES string of the molecule is N#Cc1c(Br)[nH]c(Br)c1-c1ccc(Cl)cc1. The van der Waals surface area contributed by atoms with E-state index in [2.05, 4.69) is 42.9 Å². The summed E-state index contributed by atoms with van der Waals surface area (Å²) in [5.74, 6) is 0. The van der Waals surface area contributed by atoms with Crippen LogP contribution in [0.25, 0.3) is 11.1 Å².